The zero-order chi connectivity index (χ0) is 34.5. The van der Waals surface area contributed by atoms with E-state index in [2.05, 4.69) is 12.2 Å². The van der Waals surface area contributed by atoms with Crippen LogP contribution in [0.25, 0.3) is 22.3 Å². The molecule has 3 amide bonds. The second-order valence-corrected chi connectivity index (χ2v) is 13.9. The highest BCUT2D eigenvalue weighted by Crippen LogP contribution is 2.42. The zero-order valence-corrected chi connectivity index (χ0v) is 28.6. The Morgan fingerprint density at radius 1 is 0.918 bits per heavy atom. The average Bonchev–Trinajstić information content (AvgIpc) is 3.61. The molecule has 1 saturated carbocycles. The number of nitrogens with zero attached hydrogens (tertiary/aromatic N) is 1. The van der Waals surface area contributed by atoms with Crippen LogP contribution in [0, 0.1) is 23.6 Å². The fraction of sp³-hybridized carbons (Fsp3) is 0.341. The number of para-hydroxylation sites is 1. The van der Waals surface area contributed by atoms with Crippen LogP contribution >= 0.6 is 11.6 Å². The summed E-state index contributed by atoms with van der Waals surface area (Å²) in [5.74, 6) is -2.40. The third-order valence-electron chi connectivity index (χ3n) is 10.2. The molecule has 0 radical (unpaired) electrons. The van der Waals surface area contributed by atoms with Crippen molar-refractivity contribution in [1.29, 1.82) is 0 Å². The summed E-state index contributed by atoms with van der Waals surface area (Å²) in [5, 5.41) is 3.20. The number of benzene rings is 4. The molecule has 1 heterocycles. The third-order valence-corrected chi connectivity index (χ3v) is 10.5. The number of halogens is 2. The molecule has 6 rings (SSSR count). The molecular formula is C41H43ClFN3O3. The van der Waals surface area contributed by atoms with Gasteiger partial charge in [0.15, 0.2) is 0 Å². The summed E-state index contributed by atoms with van der Waals surface area (Å²) in [7, 11) is 0. The lowest BCUT2D eigenvalue weighted by Gasteiger charge is -2.30. The van der Waals surface area contributed by atoms with Crippen molar-refractivity contribution in [3.8, 4) is 22.3 Å². The van der Waals surface area contributed by atoms with Crippen LogP contribution in [0.2, 0.25) is 5.02 Å². The van der Waals surface area contributed by atoms with E-state index in [4.69, 9.17) is 17.3 Å². The fourth-order valence-electron chi connectivity index (χ4n) is 7.62. The van der Waals surface area contributed by atoms with Crippen LogP contribution in [0.15, 0.2) is 91.0 Å². The van der Waals surface area contributed by atoms with E-state index in [0.717, 1.165) is 72.0 Å². The van der Waals surface area contributed by atoms with Gasteiger partial charge < -0.3 is 16.0 Å². The Labute approximate surface area is 292 Å². The van der Waals surface area contributed by atoms with E-state index in [1.165, 1.54) is 6.07 Å². The Bertz CT molecular complexity index is 1840. The standard InChI is InChI=1S/C41H43ClFN3O3/c1-2-3-15-33(39(44)47)34(23-26-11-4-5-12-26)40(48)45-38-32-18-7-6-16-30(32)31-17-8-9-19-37(31)46(41(38)49)25-27-13-10-14-28(22-27)29-20-21-36(43)35(42)24-29/h6-10,13-14,16-22,24,26,33-34,38H,2-5,11-12,15,23,25H2,1H3,(H2,44,47)(H,45,48). The lowest BCUT2D eigenvalue weighted by Crippen LogP contribution is -2.47. The van der Waals surface area contributed by atoms with Gasteiger partial charge in [-0.15, -0.1) is 0 Å². The Hall–Kier alpha value is -4.49. The Morgan fingerprint density at radius 2 is 1.63 bits per heavy atom. The van der Waals surface area contributed by atoms with Crippen LogP contribution in [0.4, 0.5) is 10.1 Å². The first-order valence-electron chi connectivity index (χ1n) is 17.4. The molecule has 49 heavy (non-hydrogen) atoms. The number of hydrogen-bond donors (Lipinski definition) is 2. The molecule has 3 atom stereocenters. The molecule has 0 saturated heterocycles. The van der Waals surface area contributed by atoms with Crippen LogP contribution < -0.4 is 16.0 Å². The molecule has 254 valence electrons. The highest BCUT2D eigenvalue weighted by molar-refractivity contribution is 6.31. The number of unbranched alkanes of at least 4 members (excludes halogenated alkanes) is 1. The molecule has 3 N–H and O–H groups in total. The van der Waals surface area contributed by atoms with Crippen LogP contribution in [0.1, 0.15) is 75.5 Å². The summed E-state index contributed by atoms with van der Waals surface area (Å²) in [4.78, 5) is 43.9. The van der Waals surface area contributed by atoms with Gasteiger partial charge in [0.2, 0.25) is 11.8 Å². The Morgan fingerprint density at radius 3 is 2.37 bits per heavy atom. The number of rotatable bonds is 12. The molecule has 2 aliphatic rings. The van der Waals surface area contributed by atoms with Gasteiger partial charge in [0.1, 0.15) is 11.9 Å². The zero-order valence-electron chi connectivity index (χ0n) is 27.8. The number of fused-ring (bicyclic) bond motifs is 3. The van der Waals surface area contributed by atoms with Gasteiger partial charge >= 0.3 is 0 Å². The minimum atomic E-state index is -0.985. The summed E-state index contributed by atoms with van der Waals surface area (Å²) in [6.45, 7) is 2.28. The molecule has 4 aromatic rings. The quantitative estimate of drug-likeness (QED) is 0.157. The number of anilines is 1. The topological polar surface area (TPSA) is 92.5 Å². The maximum Gasteiger partial charge on any atom is 0.254 e. The second kappa shape index (κ2) is 15.4. The van der Waals surface area contributed by atoms with Gasteiger partial charge in [0.05, 0.1) is 17.3 Å². The molecule has 1 aliphatic heterocycles. The van der Waals surface area contributed by atoms with E-state index >= 15 is 0 Å². The minimum Gasteiger partial charge on any atom is -0.369 e. The van der Waals surface area contributed by atoms with Gasteiger partial charge in [-0.3, -0.25) is 14.4 Å². The van der Waals surface area contributed by atoms with Gasteiger partial charge in [0, 0.05) is 17.4 Å². The third kappa shape index (κ3) is 7.57. The predicted molar refractivity (Wildman–Crippen MR) is 193 cm³/mol. The molecule has 6 nitrogen and oxygen atoms in total. The van der Waals surface area contributed by atoms with Gasteiger partial charge in [0.25, 0.3) is 5.91 Å². The average molecular weight is 680 g/mol. The smallest absolute Gasteiger partial charge is 0.254 e. The Kier molecular flexibility index (Phi) is 10.8. The van der Waals surface area contributed by atoms with E-state index in [-0.39, 0.29) is 23.4 Å². The molecular weight excluding hydrogens is 637 g/mol. The first-order chi connectivity index (χ1) is 23.7. The molecule has 3 unspecified atom stereocenters. The first-order valence-corrected chi connectivity index (χ1v) is 17.8. The molecule has 0 spiro atoms. The van der Waals surface area contributed by atoms with E-state index < -0.39 is 29.6 Å². The highest BCUT2D eigenvalue weighted by Gasteiger charge is 2.40. The van der Waals surface area contributed by atoms with Crippen molar-refractivity contribution < 1.29 is 18.8 Å². The summed E-state index contributed by atoms with van der Waals surface area (Å²) in [6.07, 6.45) is 7.09. The number of primary amides is 1. The number of nitrogens with two attached hydrogens (primary N) is 1. The van der Waals surface area contributed by atoms with Gasteiger partial charge in [-0.1, -0.05) is 124 Å². The number of carbonyl (C=O) groups excluding carboxylic acids is 3. The lowest BCUT2D eigenvalue weighted by molar-refractivity contribution is -0.136. The monoisotopic (exact) mass is 679 g/mol. The van der Waals surface area contributed by atoms with Crippen molar-refractivity contribution in [2.75, 3.05) is 4.90 Å². The molecule has 8 heteroatoms. The molecule has 4 aromatic carbocycles. The lowest BCUT2D eigenvalue weighted by atomic mass is 9.79. The largest absolute Gasteiger partial charge is 0.369 e. The summed E-state index contributed by atoms with van der Waals surface area (Å²) < 4.78 is 13.9. The van der Waals surface area contributed by atoms with Crippen molar-refractivity contribution in [1.82, 2.24) is 5.32 Å². The number of nitrogens with one attached hydrogen (secondary N) is 1. The van der Waals surface area contributed by atoms with E-state index in [9.17, 15) is 18.8 Å². The normalized spacial score (nSPS) is 17.2. The van der Waals surface area contributed by atoms with Crippen molar-refractivity contribution >= 4 is 35.0 Å². The Balaban J connectivity index is 1.37. The summed E-state index contributed by atoms with van der Waals surface area (Å²) in [5.41, 5.74) is 11.6. The van der Waals surface area contributed by atoms with Crippen molar-refractivity contribution in [2.45, 2.75) is 70.9 Å². The predicted octanol–water partition coefficient (Wildman–Crippen LogP) is 9.01. The van der Waals surface area contributed by atoms with Crippen LogP contribution in [0.3, 0.4) is 0 Å². The first kappa shape index (κ1) is 34.4. The van der Waals surface area contributed by atoms with E-state index in [0.29, 0.717) is 24.3 Å². The molecule has 0 aromatic heterocycles. The van der Waals surface area contributed by atoms with Crippen molar-refractivity contribution in [2.24, 2.45) is 23.5 Å². The number of carbonyl (C=O) groups is 3. The van der Waals surface area contributed by atoms with Gasteiger partial charge in [-0.25, -0.2) is 4.39 Å². The summed E-state index contributed by atoms with van der Waals surface area (Å²) >= 11 is 6.10. The van der Waals surface area contributed by atoms with Gasteiger partial charge in [-0.2, -0.15) is 0 Å². The van der Waals surface area contributed by atoms with E-state index in [1.807, 2.05) is 72.8 Å². The molecule has 0 bridgehead atoms. The van der Waals surface area contributed by atoms with Crippen molar-refractivity contribution in [3.63, 3.8) is 0 Å². The number of hydrogen-bond acceptors (Lipinski definition) is 3. The fourth-order valence-corrected chi connectivity index (χ4v) is 7.80. The van der Waals surface area contributed by atoms with Crippen molar-refractivity contribution in [3.05, 3.63) is 113 Å². The number of amides is 3. The van der Waals surface area contributed by atoms with Crippen LogP contribution in [-0.4, -0.2) is 17.7 Å². The maximum absolute atomic E-state index is 14.9. The molecule has 1 aliphatic carbocycles. The van der Waals surface area contributed by atoms with Crippen LogP contribution in [0.5, 0.6) is 0 Å². The second-order valence-electron chi connectivity index (χ2n) is 13.4. The SMILES string of the molecule is CCCCC(C(N)=O)C(CC1CCCC1)C(=O)NC1C(=O)N(Cc2cccc(-c3ccc(F)c(Cl)c3)c2)c2ccccc2-c2ccccc21. The minimum absolute atomic E-state index is 0.0374. The molecule has 1 fully saturated rings. The highest BCUT2D eigenvalue weighted by atomic mass is 35.5. The van der Waals surface area contributed by atoms with Crippen LogP contribution in [-0.2, 0) is 20.9 Å². The summed E-state index contributed by atoms with van der Waals surface area (Å²) in [6, 6.07) is 26.8. The maximum atomic E-state index is 14.9. The van der Waals surface area contributed by atoms with E-state index in [1.54, 1.807) is 17.0 Å². The van der Waals surface area contributed by atoms with Gasteiger partial charge in [-0.05, 0) is 70.8 Å².